The van der Waals surface area contributed by atoms with Gasteiger partial charge in [-0.15, -0.1) is 0 Å². The van der Waals surface area contributed by atoms with Crippen LogP contribution in [0.4, 0.5) is 0 Å². The highest BCUT2D eigenvalue weighted by Crippen LogP contribution is 2.19. The fourth-order valence-electron chi connectivity index (χ4n) is 1.88. The number of methoxy groups -OCH3 is 1. The average Bonchev–Trinajstić information content (AvgIpc) is 2.33. The minimum Gasteiger partial charge on any atom is -0.355 e. The standard InChI is InChI=1S/C12H17N2O/c1-15-12(11-5-3-2-4-6-11)14-9-7-13-8-10-14/h2-6,13H,7-10H2,1H3. The maximum absolute atomic E-state index is 5.49. The lowest BCUT2D eigenvalue weighted by Gasteiger charge is -2.32. The molecule has 1 aliphatic rings. The number of hydrogen-bond acceptors (Lipinski definition) is 3. The fourth-order valence-corrected chi connectivity index (χ4v) is 1.88. The van der Waals surface area contributed by atoms with Gasteiger partial charge in [-0.05, 0) is 0 Å². The van der Waals surface area contributed by atoms with Crippen LogP contribution < -0.4 is 5.32 Å². The van der Waals surface area contributed by atoms with Crippen LogP contribution in [-0.2, 0) is 4.74 Å². The Morgan fingerprint density at radius 1 is 1.20 bits per heavy atom. The lowest BCUT2D eigenvalue weighted by Crippen LogP contribution is -2.45. The van der Waals surface area contributed by atoms with E-state index in [0.29, 0.717) is 0 Å². The summed E-state index contributed by atoms with van der Waals surface area (Å²) in [6.07, 6.45) is 0.983. The van der Waals surface area contributed by atoms with Crippen molar-refractivity contribution < 1.29 is 4.74 Å². The van der Waals surface area contributed by atoms with Crippen molar-refractivity contribution in [3.05, 3.63) is 42.1 Å². The Balaban J connectivity index is 2.09. The van der Waals surface area contributed by atoms with Gasteiger partial charge in [-0.2, -0.15) is 0 Å². The zero-order chi connectivity index (χ0) is 10.5. The van der Waals surface area contributed by atoms with Crippen molar-refractivity contribution in [1.29, 1.82) is 0 Å². The van der Waals surface area contributed by atoms with Crippen molar-refractivity contribution in [2.75, 3.05) is 33.3 Å². The lowest BCUT2D eigenvalue weighted by atomic mass is 10.1. The van der Waals surface area contributed by atoms with Crippen LogP contribution in [0.15, 0.2) is 30.3 Å². The van der Waals surface area contributed by atoms with Crippen LogP contribution >= 0.6 is 0 Å². The van der Waals surface area contributed by atoms with Crippen LogP contribution in [0.25, 0.3) is 0 Å². The number of nitrogens with one attached hydrogen (secondary N) is 1. The molecule has 1 aromatic carbocycles. The summed E-state index contributed by atoms with van der Waals surface area (Å²) >= 11 is 0. The molecule has 1 heterocycles. The van der Waals surface area contributed by atoms with Gasteiger partial charge < -0.3 is 10.1 Å². The third-order valence-corrected chi connectivity index (χ3v) is 2.62. The molecule has 1 fully saturated rings. The van der Waals surface area contributed by atoms with Crippen LogP contribution in [0.5, 0.6) is 0 Å². The van der Waals surface area contributed by atoms with Gasteiger partial charge in [-0.3, -0.25) is 4.90 Å². The Morgan fingerprint density at radius 3 is 2.47 bits per heavy atom. The monoisotopic (exact) mass is 205 g/mol. The van der Waals surface area contributed by atoms with Gasteiger partial charge in [-0.1, -0.05) is 30.3 Å². The highest BCUT2D eigenvalue weighted by molar-refractivity contribution is 5.26. The predicted molar refractivity (Wildman–Crippen MR) is 60.2 cm³/mol. The summed E-state index contributed by atoms with van der Waals surface area (Å²) in [5, 5.41) is 3.33. The molecule has 0 spiro atoms. The number of hydrogen-bond donors (Lipinski definition) is 1. The number of piperazine rings is 1. The average molecular weight is 205 g/mol. The number of nitrogens with zero attached hydrogens (tertiary/aromatic N) is 1. The van der Waals surface area contributed by atoms with E-state index in [4.69, 9.17) is 4.74 Å². The number of benzene rings is 1. The summed E-state index contributed by atoms with van der Waals surface area (Å²) in [6.45, 7) is 4.08. The number of rotatable bonds is 3. The van der Waals surface area contributed by atoms with Crippen molar-refractivity contribution in [3.63, 3.8) is 0 Å². The summed E-state index contributed by atoms with van der Waals surface area (Å²) in [6, 6.07) is 10.3. The van der Waals surface area contributed by atoms with Crippen molar-refractivity contribution in [1.82, 2.24) is 10.2 Å². The second-order valence-corrected chi connectivity index (χ2v) is 3.61. The van der Waals surface area contributed by atoms with E-state index in [-0.39, 0.29) is 0 Å². The van der Waals surface area contributed by atoms with E-state index in [1.807, 2.05) is 18.2 Å². The van der Waals surface area contributed by atoms with Gasteiger partial charge in [0.25, 0.3) is 0 Å². The van der Waals surface area contributed by atoms with E-state index in [2.05, 4.69) is 22.3 Å². The molecular formula is C12H17N2O. The minimum atomic E-state index is 0.983. The maximum Gasteiger partial charge on any atom is 0.195 e. The highest BCUT2D eigenvalue weighted by Gasteiger charge is 2.22. The van der Waals surface area contributed by atoms with Crippen LogP contribution in [0, 0.1) is 6.23 Å². The zero-order valence-corrected chi connectivity index (χ0v) is 9.07. The first-order valence-corrected chi connectivity index (χ1v) is 5.34. The molecule has 0 bridgehead atoms. The van der Waals surface area contributed by atoms with Crippen LogP contribution in [0.3, 0.4) is 0 Å². The molecule has 1 saturated heterocycles. The Morgan fingerprint density at radius 2 is 1.87 bits per heavy atom. The highest BCUT2D eigenvalue weighted by atomic mass is 16.5. The Bertz CT molecular complexity index is 283. The first kappa shape index (κ1) is 10.6. The van der Waals surface area contributed by atoms with Gasteiger partial charge in [0, 0.05) is 38.9 Å². The molecule has 0 saturated carbocycles. The van der Waals surface area contributed by atoms with Crippen LogP contribution in [0.2, 0.25) is 0 Å². The Hall–Kier alpha value is -0.900. The van der Waals surface area contributed by atoms with E-state index in [1.54, 1.807) is 7.11 Å². The van der Waals surface area contributed by atoms with Crippen molar-refractivity contribution in [3.8, 4) is 0 Å². The summed E-state index contributed by atoms with van der Waals surface area (Å²) in [4.78, 5) is 2.28. The number of ether oxygens (including phenoxy) is 1. The van der Waals surface area contributed by atoms with Gasteiger partial charge in [0.05, 0.1) is 0 Å². The molecule has 1 radical (unpaired) electrons. The van der Waals surface area contributed by atoms with Gasteiger partial charge in [0.1, 0.15) is 0 Å². The lowest BCUT2D eigenvalue weighted by molar-refractivity contribution is 0.0805. The van der Waals surface area contributed by atoms with E-state index in [1.165, 1.54) is 0 Å². The van der Waals surface area contributed by atoms with Gasteiger partial charge in [0.15, 0.2) is 6.23 Å². The van der Waals surface area contributed by atoms with Crippen LogP contribution in [0.1, 0.15) is 5.56 Å². The molecule has 0 atom stereocenters. The molecule has 2 rings (SSSR count). The molecule has 1 N–H and O–H groups in total. The quantitative estimate of drug-likeness (QED) is 0.799. The fraction of sp³-hybridized carbons (Fsp3) is 0.417. The molecule has 0 aliphatic carbocycles. The van der Waals surface area contributed by atoms with E-state index in [0.717, 1.165) is 38.0 Å². The van der Waals surface area contributed by atoms with Crippen molar-refractivity contribution in [2.24, 2.45) is 0 Å². The molecule has 81 valence electrons. The zero-order valence-electron chi connectivity index (χ0n) is 9.07. The van der Waals surface area contributed by atoms with Gasteiger partial charge in [-0.25, -0.2) is 0 Å². The van der Waals surface area contributed by atoms with E-state index in [9.17, 15) is 0 Å². The first-order valence-electron chi connectivity index (χ1n) is 5.34. The van der Waals surface area contributed by atoms with Crippen molar-refractivity contribution in [2.45, 2.75) is 0 Å². The summed E-state index contributed by atoms with van der Waals surface area (Å²) < 4.78 is 5.49. The molecule has 0 amide bonds. The molecular weight excluding hydrogens is 188 g/mol. The normalized spacial score (nSPS) is 18.3. The predicted octanol–water partition coefficient (Wildman–Crippen LogP) is 1.08. The van der Waals surface area contributed by atoms with E-state index < -0.39 is 0 Å². The maximum atomic E-state index is 5.49. The van der Waals surface area contributed by atoms with Gasteiger partial charge in [0.2, 0.25) is 0 Å². The Kier molecular flexibility index (Phi) is 3.72. The topological polar surface area (TPSA) is 24.5 Å². The molecule has 3 nitrogen and oxygen atoms in total. The molecule has 0 unspecified atom stereocenters. The molecule has 3 heteroatoms. The van der Waals surface area contributed by atoms with Gasteiger partial charge >= 0.3 is 0 Å². The molecule has 1 aliphatic heterocycles. The minimum absolute atomic E-state index is 0.983. The van der Waals surface area contributed by atoms with Crippen LogP contribution in [-0.4, -0.2) is 38.2 Å². The van der Waals surface area contributed by atoms with Crippen molar-refractivity contribution >= 4 is 0 Å². The summed E-state index contributed by atoms with van der Waals surface area (Å²) in [5.74, 6) is 0. The Labute approximate surface area is 91.0 Å². The largest absolute Gasteiger partial charge is 0.355 e. The molecule has 1 aromatic rings. The smallest absolute Gasteiger partial charge is 0.195 e. The molecule has 0 aromatic heterocycles. The van der Waals surface area contributed by atoms with E-state index >= 15 is 0 Å². The first-order chi connectivity index (χ1) is 7.42. The molecule has 15 heavy (non-hydrogen) atoms. The summed E-state index contributed by atoms with van der Waals surface area (Å²) in [5.41, 5.74) is 1.15. The second-order valence-electron chi connectivity index (χ2n) is 3.61. The summed E-state index contributed by atoms with van der Waals surface area (Å²) in [7, 11) is 1.74. The third-order valence-electron chi connectivity index (χ3n) is 2.62. The third kappa shape index (κ3) is 2.56. The SMILES string of the molecule is CO[C](c1ccccc1)N1CCNCC1. The second kappa shape index (κ2) is 5.26.